The first kappa shape index (κ1) is 25.6. The average Bonchev–Trinajstić information content (AvgIpc) is 2.87. The van der Waals surface area contributed by atoms with Crippen molar-refractivity contribution in [2.75, 3.05) is 17.7 Å². The highest BCUT2D eigenvalue weighted by molar-refractivity contribution is 5.88. The Morgan fingerprint density at radius 2 is 1.84 bits per heavy atom. The molecule has 0 aliphatic carbocycles. The smallest absolute Gasteiger partial charge is 0.330 e. The lowest BCUT2D eigenvalue weighted by Crippen LogP contribution is -2.29. The third kappa shape index (κ3) is 5.35. The van der Waals surface area contributed by atoms with Crippen molar-refractivity contribution in [3.63, 3.8) is 0 Å². The van der Waals surface area contributed by atoms with E-state index < -0.39 is 12.0 Å². The maximum atomic E-state index is 13.8. The van der Waals surface area contributed by atoms with Crippen LogP contribution < -0.4 is 16.6 Å². The van der Waals surface area contributed by atoms with Crippen molar-refractivity contribution in [1.29, 1.82) is 0 Å². The van der Waals surface area contributed by atoms with Crippen molar-refractivity contribution in [2.45, 2.75) is 40.2 Å². The van der Waals surface area contributed by atoms with Crippen LogP contribution in [0.25, 0.3) is 22.7 Å². The van der Waals surface area contributed by atoms with E-state index in [1.807, 2.05) is 62.4 Å². The maximum absolute atomic E-state index is 13.8. The number of nitrogen functional groups attached to an aromatic ring is 1. The maximum Gasteiger partial charge on any atom is 0.330 e. The molecule has 0 bridgehead atoms. The number of nitrogens with zero attached hydrogens (tertiary/aromatic N) is 4. The number of benzene rings is 2. The lowest BCUT2D eigenvalue weighted by atomic mass is 10.1. The van der Waals surface area contributed by atoms with Gasteiger partial charge in [0.2, 0.25) is 5.95 Å². The number of hydrogen-bond donors (Lipinski definition) is 2. The topological polar surface area (TPSA) is 125 Å². The van der Waals surface area contributed by atoms with E-state index in [1.165, 1.54) is 6.08 Å². The van der Waals surface area contributed by atoms with E-state index in [0.717, 1.165) is 5.56 Å². The van der Waals surface area contributed by atoms with Crippen LogP contribution in [0.4, 0.5) is 11.8 Å². The van der Waals surface area contributed by atoms with E-state index in [2.05, 4.69) is 15.3 Å². The van der Waals surface area contributed by atoms with E-state index in [9.17, 15) is 9.59 Å². The molecule has 4 rings (SSSR count). The summed E-state index contributed by atoms with van der Waals surface area (Å²) in [7, 11) is 0. The van der Waals surface area contributed by atoms with Gasteiger partial charge in [-0.1, -0.05) is 37.3 Å². The number of carbonyl (C=O) groups is 1. The lowest BCUT2D eigenvalue weighted by molar-refractivity contribution is -0.137. The minimum absolute atomic E-state index is 0.0886. The van der Waals surface area contributed by atoms with Crippen molar-refractivity contribution in [1.82, 2.24) is 19.5 Å². The zero-order valence-corrected chi connectivity index (χ0v) is 21.4. The Bertz CT molecular complexity index is 1530. The second-order valence-electron chi connectivity index (χ2n) is 8.54. The molecule has 0 amide bonds. The van der Waals surface area contributed by atoms with Crippen LogP contribution in [0.1, 0.15) is 49.0 Å². The van der Waals surface area contributed by atoms with Crippen molar-refractivity contribution in [2.24, 2.45) is 0 Å². The number of aromatic nitrogens is 4. The summed E-state index contributed by atoms with van der Waals surface area (Å²) in [6.45, 7) is 7.70. The molecule has 0 aliphatic heterocycles. The molecule has 2 heterocycles. The largest absolute Gasteiger partial charge is 0.463 e. The minimum Gasteiger partial charge on any atom is -0.463 e. The van der Waals surface area contributed by atoms with Crippen LogP contribution in [0.15, 0.2) is 59.4 Å². The first-order chi connectivity index (χ1) is 17.8. The predicted molar refractivity (Wildman–Crippen MR) is 146 cm³/mol. The number of nitrogens with one attached hydrogen (secondary N) is 1. The molecule has 0 aliphatic rings. The third-order valence-electron chi connectivity index (χ3n) is 6.00. The Kier molecular flexibility index (Phi) is 7.62. The van der Waals surface area contributed by atoms with Gasteiger partial charge >= 0.3 is 5.97 Å². The Hall–Kier alpha value is -4.53. The Labute approximate surface area is 215 Å². The quantitative estimate of drug-likeness (QED) is 0.268. The van der Waals surface area contributed by atoms with Gasteiger partial charge < -0.3 is 15.8 Å². The molecule has 0 radical (unpaired) electrons. The molecule has 0 saturated carbocycles. The Balaban J connectivity index is 1.89. The van der Waals surface area contributed by atoms with E-state index in [-0.39, 0.29) is 18.1 Å². The molecule has 190 valence electrons. The molecule has 9 heteroatoms. The highest BCUT2D eigenvalue weighted by Gasteiger charge is 2.22. The van der Waals surface area contributed by atoms with E-state index in [4.69, 9.17) is 15.5 Å². The summed E-state index contributed by atoms with van der Waals surface area (Å²) < 4.78 is 6.65. The normalized spacial score (nSPS) is 12.1. The zero-order valence-electron chi connectivity index (χ0n) is 21.4. The van der Waals surface area contributed by atoms with Crippen LogP contribution >= 0.6 is 0 Å². The zero-order chi connectivity index (χ0) is 26.5. The van der Waals surface area contributed by atoms with Crippen molar-refractivity contribution >= 4 is 34.7 Å². The highest BCUT2D eigenvalue weighted by atomic mass is 16.5. The van der Waals surface area contributed by atoms with Gasteiger partial charge in [0, 0.05) is 11.6 Å². The number of hydrogen-bond acceptors (Lipinski definition) is 8. The molecule has 1 unspecified atom stereocenters. The van der Waals surface area contributed by atoms with Gasteiger partial charge in [0.05, 0.1) is 34.9 Å². The molecule has 2 aromatic carbocycles. The van der Waals surface area contributed by atoms with Gasteiger partial charge in [-0.25, -0.2) is 14.8 Å². The van der Waals surface area contributed by atoms with Crippen LogP contribution in [-0.2, 0) is 9.53 Å². The van der Waals surface area contributed by atoms with Crippen LogP contribution in [-0.4, -0.2) is 32.1 Å². The average molecular weight is 499 g/mol. The summed E-state index contributed by atoms with van der Waals surface area (Å²) in [4.78, 5) is 39.4. The summed E-state index contributed by atoms with van der Waals surface area (Å²) in [5.74, 6) is 0.578. The van der Waals surface area contributed by atoms with Gasteiger partial charge in [0.1, 0.15) is 11.6 Å². The Morgan fingerprint density at radius 1 is 1.08 bits per heavy atom. The van der Waals surface area contributed by atoms with E-state index >= 15 is 0 Å². The van der Waals surface area contributed by atoms with Crippen LogP contribution in [0, 0.1) is 13.8 Å². The number of rotatable bonds is 8. The van der Waals surface area contributed by atoms with Crippen molar-refractivity contribution in [3.8, 4) is 5.69 Å². The number of carbonyl (C=O) groups excluding carboxylic acids is 1. The van der Waals surface area contributed by atoms with Crippen molar-refractivity contribution in [3.05, 3.63) is 87.6 Å². The third-order valence-corrected chi connectivity index (χ3v) is 6.00. The molecule has 4 aromatic rings. The van der Waals surface area contributed by atoms with Gasteiger partial charge in [0.25, 0.3) is 5.56 Å². The summed E-state index contributed by atoms with van der Waals surface area (Å²) >= 11 is 0. The second-order valence-corrected chi connectivity index (χ2v) is 8.54. The first-order valence-corrected chi connectivity index (χ1v) is 12.2. The molecule has 0 spiro atoms. The van der Waals surface area contributed by atoms with Gasteiger partial charge in [-0.3, -0.25) is 9.36 Å². The van der Waals surface area contributed by atoms with Crippen LogP contribution in [0.5, 0.6) is 0 Å². The SMILES string of the molecule is CCOC(=O)C=Cc1c(C)nc(N)nc1NC(CC)c1nc2cccc(C)c2c(=O)n1-c1ccccc1. The van der Waals surface area contributed by atoms with E-state index in [1.54, 1.807) is 24.5 Å². The number of fused-ring (bicyclic) bond motifs is 1. The second kappa shape index (κ2) is 11.0. The van der Waals surface area contributed by atoms with E-state index in [0.29, 0.717) is 45.9 Å². The number of anilines is 2. The fourth-order valence-corrected chi connectivity index (χ4v) is 4.24. The number of nitrogens with two attached hydrogens (primary N) is 1. The minimum atomic E-state index is -0.471. The van der Waals surface area contributed by atoms with Crippen LogP contribution in [0.2, 0.25) is 0 Å². The summed E-state index contributed by atoms with van der Waals surface area (Å²) in [6, 6.07) is 14.7. The molecule has 3 N–H and O–H groups in total. The standard InChI is InChI=1S/C28H30N6O3/c1-5-21(31-25-20(15-16-23(35)37-6-2)18(4)30-28(29)33-25)26-32-22-14-10-11-17(3)24(22)27(36)34(26)19-12-8-7-9-13-19/h7-16,21H,5-6H2,1-4H3,(H3,29,30,31,33). The molecular weight excluding hydrogens is 468 g/mol. The van der Waals surface area contributed by atoms with Gasteiger partial charge in [0.15, 0.2) is 0 Å². The van der Waals surface area contributed by atoms with Gasteiger partial charge in [-0.05, 0) is 57.0 Å². The summed E-state index contributed by atoms with van der Waals surface area (Å²) in [5.41, 5.74) is 9.19. The highest BCUT2D eigenvalue weighted by Crippen LogP contribution is 2.28. The molecule has 9 nitrogen and oxygen atoms in total. The van der Waals surface area contributed by atoms with Crippen molar-refractivity contribution < 1.29 is 9.53 Å². The van der Waals surface area contributed by atoms with Gasteiger partial charge in [-0.2, -0.15) is 4.98 Å². The predicted octanol–water partition coefficient (Wildman–Crippen LogP) is 4.51. The number of esters is 1. The molecule has 0 fully saturated rings. The molecule has 1 atom stereocenters. The Morgan fingerprint density at radius 3 is 2.54 bits per heavy atom. The molecule has 2 aromatic heterocycles. The van der Waals surface area contributed by atoms with Gasteiger partial charge in [-0.15, -0.1) is 0 Å². The summed E-state index contributed by atoms with van der Waals surface area (Å²) in [5, 5.41) is 3.99. The lowest BCUT2D eigenvalue weighted by Gasteiger charge is -2.23. The van der Waals surface area contributed by atoms with Crippen LogP contribution in [0.3, 0.4) is 0 Å². The fraction of sp³-hybridized carbons (Fsp3) is 0.250. The fourth-order valence-electron chi connectivity index (χ4n) is 4.24. The summed E-state index contributed by atoms with van der Waals surface area (Å²) in [6.07, 6.45) is 3.51. The molecule has 0 saturated heterocycles. The number of para-hydroxylation sites is 1. The monoisotopic (exact) mass is 498 g/mol. The molecular formula is C28H30N6O3. The molecule has 37 heavy (non-hydrogen) atoms. The number of ether oxygens (including phenoxy) is 1. The number of aryl methyl sites for hydroxylation is 2. The first-order valence-electron chi connectivity index (χ1n) is 12.2.